The smallest absolute Gasteiger partial charge is 0.251 e. The van der Waals surface area contributed by atoms with Crippen LogP contribution in [0.5, 0.6) is 0 Å². The van der Waals surface area contributed by atoms with E-state index in [1.807, 2.05) is 35.0 Å². The Bertz CT molecular complexity index is 1350. The summed E-state index contributed by atoms with van der Waals surface area (Å²) in [6.45, 7) is -0.592. The zero-order valence-electron chi connectivity index (χ0n) is 16.7. The maximum absolute atomic E-state index is 11.7. The van der Waals surface area contributed by atoms with Gasteiger partial charge in [0.2, 0.25) is 0 Å². The molecule has 0 atom stereocenters. The first-order chi connectivity index (χ1) is 15.6. The van der Waals surface area contributed by atoms with Gasteiger partial charge in [-0.2, -0.15) is 5.10 Å². The minimum absolute atomic E-state index is 0.454. The molecule has 3 aromatic heterocycles. The molecule has 3 heterocycles. The van der Waals surface area contributed by atoms with E-state index >= 15 is 0 Å². The highest BCUT2D eigenvalue weighted by Gasteiger charge is 2.30. The van der Waals surface area contributed by atoms with Gasteiger partial charge < -0.3 is 10.5 Å². The SMILES string of the molecule is N=Cc1ccc(-n2nc(-c3cccnc3)c3c2-c2sc(NC(=O)CO)nc2CC3)c(Br)c1. The summed E-state index contributed by atoms with van der Waals surface area (Å²) < 4.78 is 2.70. The summed E-state index contributed by atoms with van der Waals surface area (Å²) in [5.41, 5.74) is 6.31. The second kappa shape index (κ2) is 8.38. The van der Waals surface area contributed by atoms with Gasteiger partial charge in [0.25, 0.3) is 5.91 Å². The quantitative estimate of drug-likeness (QED) is 0.354. The van der Waals surface area contributed by atoms with Gasteiger partial charge in [-0.15, -0.1) is 0 Å². The third-order valence-corrected chi connectivity index (χ3v) is 6.85. The Morgan fingerprint density at radius 1 is 1.34 bits per heavy atom. The number of nitrogens with one attached hydrogen (secondary N) is 2. The predicted octanol–water partition coefficient (Wildman–Crippen LogP) is 3.85. The number of thiazole rings is 1. The van der Waals surface area contributed by atoms with Gasteiger partial charge in [0, 0.05) is 34.2 Å². The van der Waals surface area contributed by atoms with Crippen molar-refractivity contribution in [2.45, 2.75) is 12.8 Å². The van der Waals surface area contributed by atoms with Gasteiger partial charge in [0.1, 0.15) is 6.61 Å². The van der Waals surface area contributed by atoms with Gasteiger partial charge in [-0.1, -0.05) is 17.4 Å². The number of anilines is 1. The molecule has 1 amide bonds. The van der Waals surface area contributed by atoms with E-state index in [0.29, 0.717) is 5.13 Å². The topological polar surface area (TPSA) is 117 Å². The second-order valence-corrected chi connectivity index (χ2v) is 9.04. The molecule has 1 aliphatic rings. The average Bonchev–Trinajstić information content (AvgIpc) is 3.40. The monoisotopic (exact) mass is 508 g/mol. The Morgan fingerprint density at radius 3 is 2.94 bits per heavy atom. The summed E-state index contributed by atoms with van der Waals surface area (Å²) in [6.07, 6.45) is 6.30. The third-order valence-electron chi connectivity index (χ3n) is 5.20. The fourth-order valence-corrected chi connectivity index (χ4v) is 5.43. The summed E-state index contributed by atoms with van der Waals surface area (Å²) in [5, 5.41) is 24.7. The number of hydrogen-bond donors (Lipinski definition) is 3. The maximum atomic E-state index is 11.7. The number of pyridine rings is 1. The summed E-state index contributed by atoms with van der Waals surface area (Å²) in [5.74, 6) is -0.495. The number of benzene rings is 1. The van der Waals surface area contributed by atoms with E-state index in [0.717, 1.165) is 61.7 Å². The molecule has 0 fully saturated rings. The first-order valence-corrected chi connectivity index (χ1v) is 11.4. The van der Waals surface area contributed by atoms with E-state index in [1.165, 1.54) is 17.6 Å². The van der Waals surface area contributed by atoms with Gasteiger partial charge in [-0.05, 0) is 58.6 Å². The predicted molar refractivity (Wildman–Crippen MR) is 127 cm³/mol. The van der Waals surface area contributed by atoms with Gasteiger partial charge in [-0.3, -0.25) is 15.1 Å². The second-order valence-electron chi connectivity index (χ2n) is 7.19. The summed E-state index contributed by atoms with van der Waals surface area (Å²) in [7, 11) is 0. The highest BCUT2D eigenvalue weighted by molar-refractivity contribution is 9.10. The van der Waals surface area contributed by atoms with Crippen molar-refractivity contribution in [1.29, 1.82) is 5.41 Å². The van der Waals surface area contributed by atoms with E-state index in [9.17, 15) is 4.79 Å². The number of aromatic nitrogens is 4. The molecule has 0 radical (unpaired) electrons. The van der Waals surface area contributed by atoms with Crippen LogP contribution in [0.1, 0.15) is 16.8 Å². The lowest BCUT2D eigenvalue weighted by Crippen LogP contribution is -2.15. The highest BCUT2D eigenvalue weighted by atomic mass is 79.9. The van der Waals surface area contributed by atoms with Crippen LogP contribution in [0.2, 0.25) is 0 Å². The summed E-state index contributed by atoms with van der Waals surface area (Å²) in [4.78, 5) is 21.5. The van der Waals surface area contributed by atoms with E-state index in [1.54, 1.807) is 12.4 Å². The van der Waals surface area contributed by atoms with E-state index in [2.05, 4.69) is 31.2 Å². The Hall–Kier alpha value is -3.21. The molecule has 1 aromatic carbocycles. The zero-order valence-corrected chi connectivity index (χ0v) is 19.1. The van der Waals surface area contributed by atoms with Crippen LogP contribution in [0.4, 0.5) is 5.13 Å². The number of aryl methyl sites for hydroxylation is 1. The molecule has 0 bridgehead atoms. The van der Waals surface area contributed by atoms with E-state index in [4.69, 9.17) is 15.6 Å². The van der Waals surface area contributed by atoms with E-state index in [-0.39, 0.29) is 0 Å². The molecule has 1 aliphatic carbocycles. The van der Waals surface area contributed by atoms with Crippen molar-refractivity contribution in [1.82, 2.24) is 19.7 Å². The van der Waals surface area contributed by atoms with Crippen molar-refractivity contribution < 1.29 is 9.90 Å². The van der Waals surface area contributed by atoms with Crippen LogP contribution in [-0.2, 0) is 17.6 Å². The van der Waals surface area contributed by atoms with Gasteiger partial charge in [0.15, 0.2) is 5.13 Å². The number of amides is 1. The molecule has 4 aromatic rings. The number of halogens is 1. The van der Waals surface area contributed by atoms with Crippen LogP contribution in [0.3, 0.4) is 0 Å². The lowest BCUT2D eigenvalue weighted by atomic mass is 9.95. The molecule has 0 saturated heterocycles. The lowest BCUT2D eigenvalue weighted by molar-refractivity contribution is -0.118. The van der Waals surface area contributed by atoms with Crippen molar-refractivity contribution in [3.05, 3.63) is 64.0 Å². The van der Waals surface area contributed by atoms with Gasteiger partial charge >= 0.3 is 0 Å². The number of aliphatic hydroxyl groups excluding tert-OH is 1. The molecule has 8 nitrogen and oxygen atoms in total. The van der Waals surface area contributed by atoms with Crippen LogP contribution < -0.4 is 5.32 Å². The number of hydrogen-bond acceptors (Lipinski definition) is 7. The molecular weight excluding hydrogens is 492 g/mol. The Kier molecular flexibility index (Phi) is 5.41. The number of nitrogens with zero attached hydrogens (tertiary/aromatic N) is 4. The molecule has 0 aliphatic heterocycles. The fraction of sp³-hybridized carbons (Fsp3) is 0.136. The molecule has 0 unspecified atom stereocenters. The molecule has 160 valence electrons. The van der Waals surface area contributed by atoms with Crippen molar-refractivity contribution in [3.8, 4) is 27.5 Å². The first kappa shape index (κ1) is 20.7. The molecular formula is C22H17BrN6O2S. The molecule has 3 N–H and O–H groups in total. The summed E-state index contributed by atoms with van der Waals surface area (Å²) in [6, 6.07) is 9.55. The maximum Gasteiger partial charge on any atom is 0.251 e. The zero-order chi connectivity index (χ0) is 22.2. The lowest BCUT2D eigenvalue weighted by Gasteiger charge is -2.15. The highest BCUT2D eigenvalue weighted by Crippen LogP contribution is 2.44. The van der Waals surface area contributed by atoms with E-state index < -0.39 is 12.5 Å². The number of aliphatic hydroxyl groups is 1. The summed E-state index contributed by atoms with van der Waals surface area (Å²) >= 11 is 5.00. The van der Waals surface area contributed by atoms with Crippen LogP contribution in [0.25, 0.3) is 27.5 Å². The minimum atomic E-state index is -0.592. The Labute approximate surface area is 195 Å². The number of fused-ring (bicyclic) bond motifs is 3. The molecule has 0 spiro atoms. The standard InChI is InChI=1S/C22H17BrN6O2S/c23-15-8-12(9-24)3-6-17(15)29-20-14(19(28-29)13-2-1-7-25-10-13)4-5-16-21(20)32-22(26-16)27-18(31)11-30/h1-3,6-10,24,30H,4-5,11H2,(H,26,27,31). The number of rotatable bonds is 5. The van der Waals surface area contributed by atoms with Crippen LogP contribution >= 0.6 is 27.3 Å². The minimum Gasteiger partial charge on any atom is -0.387 e. The fourth-order valence-electron chi connectivity index (χ4n) is 3.78. The van der Waals surface area contributed by atoms with Crippen molar-refractivity contribution in [2.75, 3.05) is 11.9 Å². The van der Waals surface area contributed by atoms with Crippen LogP contribution in [0, 0.1) is 5.41 Å². The molecule has 0 saturated carbocycles. The molecule has 5 rings (SSSR count). The molecule has 32 heavy (non-hydrogen) atoms. The van der Waals surface area contributed by atoms with Crippen molar-refractivity contribution in [2.24, 2.45) is 0 Å². The number of carbonyl (C=O) groups is 1. The first-order valence-electron chi connectivity index (χ1n) is 9.82. The largest absolute Gasteiger partial charge is 0.387 e. The normalized spacial score (nSPS) is 12.2. The average molecular weight is 509 g/mol. The Morgan fingerprint density at radius 2 is 2.22 bits per heavy atom. The van der Waals surface area contributed by atoms with Crippen LogP contribution in [0.15, 0.2) is 47.2 Å². The van der Waals surface area contributed by atoms with Gasteiger partial charge in [-0.25, -0.2) is 9.67 Å². The van der Waals surface area contributed by atoms with Gasteiger partial charge in [0.05, 0.1) is 27.6 Å². The van der Waals surface area contributed by atoms with Crippen molar-refractivity contribution in [3.63, 3.8) is 0 Å². The van der Waals surface area contributed by atoms with Crippen molar-refractivity contribution >= 4 is 44.5 Å². The van der Waals surface area contributed by atoms with Crippen LogP contribution in [-0.4, -0.2) is 43.6 Å². The third kappa shape index (κ3) is 3.56. The number of carbonyl (C=O) groups excluding carboxylic acids is 1. The Balaban J connectivity index is 1.73. The molecule has 10 heteroatoms.